The Morgan fingerprint density at radius 1 is 0.960 bits per heavy atom. The molecule has 25 heavy (non-hydrogen) atoms. The van der Waals surface area contributed by atoms with Crippen LogP contribution < -0.4 is 14.2 Å². The Hall–Kier alpha value is -1.96. The molecule has 0 radical (unpaired) electrons. The fourth-order valence-electron chi connectivity index (χ4n) is 3.31. The molecule has 1 aromatic carbocycles. The van der Waals surface area contributed by atoms with Gasteiger partial charge in [0.15, 0.2) is 21.3 Å². The molecular weight excluding hydrogens is 346 g/mol. The minimum Gasteiger partial charge on any atom is -0.496 e. The third-order valence-corrected chi connectivity index (χ3v) is 6.46. The lowest BCUT2D eigenvalue weighted by Gasteiger charge is -2.29. The monoisotopic (exact) mass is 369 g/mol. The first-order valence-electron chi connectivity index (χ1n) is 8.23. The molecular formula is C17H23NO6S. The van der Waals surface area contributed by atoms with Gasteiger partial charge in [-0.1, -0.05) is 0 Å². The first-order chi connectivity index (χ1) is 11.9. The number of rotatable bonds is 6. The number of methoxy groups -OCH3 is 3. The number of sulfone groups is 1. The van der Waals surface area contributed by atoms with Crippen LogP contribution in [-0.2, 0) is 9.84 Å². The van der Waals surface area contributed by atoms with Crippen molar-refractivity contribution in [1.82, 2.24) is 4.90 Å². The Labute approximate surface area is 147 Å². The van der Waals surface area contributed by atoms with E-state index in [1.807, 2.05) is 0 Å². The van der Waals surface area contributed by atoms with Crippen LogP contribution in [0.1, 0.15) is 29.6 Å². The standard InChI is InChI=1S/C17H23NO6S/c1-22-14-9-16(24-3)15(23-2)8-13(14)17(19)18(11-4-5-11)12-6-7-25(20,21)10-12/h8-9,11-12H,4-7,10H2,1-3H3. The summed E-state index contributed by atoms with van der Waals surface area (Å²) >= 11 is 0. The highest BCUT2D eigenvalue weighted by molar-refractivity contribution is 7.91. The summed E-state index contributed by atoms with van der Waals surface area (Å²) in [5.41, 5.74) is 0.358. The summed E-state index contributed by atoms with van der Waals surface area (Å²) in [6.45, 7) is 0. The fourth-order valence-corrected chi connectivity index (χ4v) is 5.02. The second-order valence-corrected chi connectivity index (χ2v) is 8.64. The molecule has 1 heterocycles. The van der Waals surface area contributed by atoms with Crippen molar-refractivity contribution < 1.29 is 27.4 Å². The molecule has 1 aromatic rings. The molecule has 0 spiro atoms. The van der Waals surface area contributed by atoms with Crippen LogP contribution >= 0.6 is 0 Å². The van der Waals surface area contributed by atoms with Crippen LogP contribution in [-0.4, -0.2) is 64.1 Å². The van der Waals surface area contributed by atoms with Crippen molar-refractivity contribution in [2.75, 3.05) is 32.8 Å². The van der Waals surface area contributed by atoms with Crippen molar-refractivity contribution in [1.29, 1.82) is 0 Å². The zero-order valence-electron chi connectivity index (χ0n) is 14.6. The average molecular weight is 369 g/mol. The SMILES string of the molecule is COc1cc(OC)c(C(=O)N(C2CC2)C2CCS(=O)(=O)C2)cc1OC. The van der Waals surface area contributed by atoms with Gasteiger partial charge in [-0.15, -0.1) is 0 Å². The maximum atomic E-state index is 13.2. The van der Waals surface area contributed by atoms with Crippen molar-refractivity contribution in [3.05, 3.63) is 17.7 Å². The number of ether oxygens (including phenoxy) is 3. The summed E-state index contributed by atoms with van der Waals surface area (Å²) in [5.74, 6) is 1.23. The van der Waals surface area contributed by atoms with Crippen LogP contribution in [0.15, 0.2) is 12.1 Å². The van der Waals surface area contributed by atoms with Crippen molar-refractivity contribution in [2.45, 2.75) is 31.3 Å². The number of hydrogen-bond acceptors (Lipinski definition) is 6. The van der Waals surface area contributed by atoms with Gasteiger partial charge in [-0.3, -0.25) is 4.79 Å². The van der Waals surface area contributed by atoms with Crippen LogP contribution in [0.5, 0.6) is 17.2 Å². The zero-order valence-corrected chi connectivity index (χ0v) is 15.5. The summed E-state index contributed by atoms with van der Waals surface area (Å²) < 4.78 is 39.6. The molecule has 1 aliphatic heterocycles. The lowest BCUT2D eigenvalue weighted by molar-refractivity contribution is 0.0677. The normalized spacial score (nSPS) is 21.6. The van der Waals surface area contributed by atoms with Crippen molar-refractivity contribution in [2.24, 2.45) is 0 Å². The van der Waals surface area contributed by atoms with Gasteiger partial charge in [-0.2, -0.15) is 0 Å². The molecule has 2 aliphatic rings. The van der Waals surface area contributed by atoms with Gasteiger partial charge >= 0.3 is 0 Å². The van der Waals surface area contributed by atoms with Gasteiger partial charge in [-0.05, 0) is 19.3 Å². The van der Waals surface area contributed by atoms with Crippen LogP contribution in [0.2, 0.25) is 0 Å². The molecule has 138 valence electrons. The van der Waals surface area contributed by atoms with E-state index in [0.29, 0.717) is 29.2 Å². The number of amides is 1. The van der Waals surface area contributed by atoms with Gasteiger partial charge in [0.2, 0.25) is 0 Å². The molecule has 2 fully saturated rings. The number of carbonyl (C=O) groups excluding carboxylic acids is 1. The predicted molar refractivity (Wildman–Crippen MR) is 92.3 cm³/mol. The molecule has 1 aliphatic carbocycles. The second-order valence-electron chi connectivity index (χ2n) is 6.41. The highest BCUT2D eigenvalue weighted by Gasteiger charge is 2.43. The van der Waals surface area contributed by atoms with E-state index in [4.69, 9.17) is 14.2 Å². The van der Waals surface area contributed by atoms with Crippen molar-refractivity contribution in [3.63, 3.8) is 0 Å². The molecule has 1 atom stereocenters. The highest BCUT2D eigenvalue weighted by Crippen LogP contribution is 2.39. The summed E-state index contributed by atoms with van der Waals surface area (Å²) in [6.07, 6.45) is 2.29. The summed E-state index contributed by atoms with van der Waals surface area (Å²) in [6, 6.07) is 3.04. The molecule has 1 saturated heterocycles. The van der Waals surface area contributed by atoms with E-state index in [9.17, 15) is 13.2 Å². The second kappa shape index (κ2) is 6.74. The van der Waals surface area contributed by atoms with E-state index in [0.717, 1.165) is 12.8 Å². The maximum absolute atomic E-state index is 13.2. The van der Waals surface area contributed by atoms with Gasteiger partial charge in [0, 0.05) is 24.2 Å². The summed E-state index contributed by atoms with van der Waals surface area (Å²) in [7, 11) is 1.43. The molecule has 0 aromatic heterocycles. The van der Waals surface area contributed by atoms with E-state index in [2.05, 4.69) is 0 Å². The Balaban J connectivity index is 1.97. The predicted octanol–water partition coefficient (Wildman–Crippen LogP) is 1.50. The third kappa shape index (κ3) is 3.53. The number of hydrogen-bond donors (Lipinski definition) is 0. The molecule has 1 saturated carbocycles. The topological polar surface area (TPSA) is 82.1 Å². The first-order valence-corrected chi connectivity index (χ1v) is 10.1. The van der Waals surface area contributed by atoms with Gasteiger partial charge in [0.1, 0.15) is 5.75 Å². The van der Waals surface area contributed by atoms with Gasteiger partial charge < -0.3 is 19.1 Å². The van der Waals surface area contributed by atoms with E-state index < -0.39 is 9.84 Å². The molecule has 8 heteroatoms. The zero-order chi connectivity index (χ0) is 18.2. The van der Waals surface area contributed by atoms with E-state index in [1.165, 1.54) is 21.3 Å². The number of benzene rings is 1. The maximum Gasteiger partial charge on any atom is 0.258 e. The molecule has 0 N–H and O–H groups in total. The molecule has 0 bridgehead atoms. The minimum atomic E-state index is -3.07. The number of carbonyl (C=O) groups is 1. The van der Waals surface area contributed by atoms with Gasteiger partial charge in [0.05, 0.1) is 38.4 Å². The Bertz CT molecular complexity index is 772. The number of nitrogens with zero attached hydrogens (tertiary/aromatic N) is 1. The largest absolute Gasteiger partial charge is 0.496 e. The summed E-state index contributed by atoms with van der Waals surface area (Å²) in [4.78, 5) is 15.0. The Morgan fingerprint density at radius 3 is 2.04 bits per heavy atom. The van der Waals surface area contributed by atoms with E-state index >= 15 is 0 Å². The van der Waals surface area contributed by atoms with Crippen LogP contribution in [0.4, 0.5) is 0 Å². The highest BCUT2D eigenvalue weighted by atomic mass is 32.2. The Morgan fingerprint density at radius 2 is 1.56 bits per heavy atom. The Kier molecular flexibility index (Phi) is 4.81. The molecule has 1 unspecified atom stereocenters. The lowest BCUT2D eigenvalue weighted by Crippen LogP contribution is -2.42. The first kappa shape index (κ1) is 17.8. The van der Waals surface area contributed by atoms with Gasteiger partial charge in [-0.25, -0.2) is 8.42 Å². The lowest BCUT2D eigenvalue weighted by atomic mass is 10.1. The van der Waals surface area contributed by atoms with Crippen LogP contribution in [0.3, 0.4) is 0 Å². The van der Waals surface area contributed by atoms with Gasteiger partial charge in [0.25, 0.3) is 5.91 Å². The van der Waals surface area contributed by atoms with Crippen LogP contribution in [0, 0.1) is 0 Å². The quantitative estimate of drug-likeness (QED) is 0.756. The van der Waals surface area contributed by atoms with E-state index in [-0.39, 0.29) is 29.5 Å². The van der Waals surface area contributed by atoms with E-state index in [1.54, 1.807) is 17.0 Å². The molecule has 7 nitrogen and oxygen atoms in total. The molecule has 3 rings (SSSR count). The average Bonchev–Trinajstić information content (AvgIpc) is 3.36. The van der Waals surface area contributed by atoms with Crippen molar-refractivity contribution in [3.8, 4) is 17.2 Å². The third-order valence-electron chi connectivity index (χ3n) is 4.71. The summed E-state index contributed by atoms with van der Waals surface area (Å²) in [5, 5.41) is 0. The molecule has 1 amide bonds. The van der Waals surface area contributed by atoms with Crippen LogP contribution in [0.25, 0.3) is 0 Å². The minimum absolute atomic E-state index is 0.0326. The smallest absolute Gasteiger partial charge is 0.258 e. The van der Waals surface area contributed by atoms with Crippen molar-refractivity contribution >= 4 is 15.7 Å². The fraction of sp³-hybridized carbons (Fsp3) is 0.588.